The molecule has 4 nitrogen and oxygen atoms in total. The largest absolute Gasteiger partial charge is 0.496 e. The van der Waals surface area contributed by atoms with Crippen LogP contribution in [0.1, 0.15) is 97.5 Å². The van der Waals surface area contributed by atoms with E-state index in [0.29, 0.717) is 34.8 Å². The average molecular weight is 584 g/mol. The number of carbonyl (C=O) groups is 2. The van der Waals surface area contributed by atoms with Crippen LogP contribution in [0.3, 0.4) is 0 Å². The van der Waals surface area contributed by atoms with Crippen LogP contribution in [-0.2, 0) is 4.79 Å². The molecule has 0 saturated heterocycles. The molecule has 0 unspecified atom stereocenters. The Labute approximate surface area is 248 Å². The van der Waals surface area contributed by atoms with Crippen LogP contribution in [0.2, 0.25) is 10.0 Å². The van der Waals surface area contributed by atoms with Gasteiger partial charge in [-0.3, -0.25) is 9.59 Å². The Balaban J connectivity index is 0.000000415. The van der Waals surface area contributed by atoms with Gasteiger partial charge in [0.25, 0.3) is 0 Å². The zero-order chi connectivity index (χ0) is 28.7. The first-order valence-corrected chi connectivity index (χ1v) is 15.0. The maximum atomic E-state index is 10.6. The van der Waals surface area contributed by atoms with Gasteiger partial charge in [0.2, 0.25) is 0 Å². The van der Waals surface area contributed by atoms with Crippen molar-refractivity contribution in [2.24, 2.45) is 5.92 Å². The van der Waals surface area contributed by atoms with E-state index in [0.717, 1.165) is 42.7 Å². The summed E-state index contributed by atoms with van der Waals surface area (Å²) in [5.74, 6) is 1.91. The third-order valence-electron chi connectivity index (χ3n) is 7.87. The van der Waals surface area contributed by atoms with Crippen molar-refractivity contribution in [3.05, 3.63) is 99.5 Å². The summed E-state index contributed by atoms with van der Waals surface area (Å²) in [6.45, 7) is 0. The second kappa shape index (κ2) is 17.1. The number of carboxylic acids is 1. The smallest absolute Gasteiger partial charge is 0.303 e. The van der Waals surface area contributed by atoms with Gasteiger partial charge in [-0.15, -0.1) is 0 Å². The van der Waals surface area contributed by atoms with Gasteiger partial charge in [0.15, 0.2) is 6.29 Å². The van der Waals surface area contributed by atoms with Gasteiger partial charge in [0.1, 0.15) is 5.75 Å². The molecule has 0 radical (unpaired) electrons. The Bertz CT molecular complexity index is 1210. The first-order valence-electron chi connectivity index (χ1n) is 14.2. The van der Waals surface area contributed by atoms with E-state index in [4.69, 9.17) is 33.0 Å². The number of carbonyl (C=O) groups excluding carboxylic acids is 1. The number of rotatable bonds is 12. The molecule has 0 aromatic heterocycles. The molecule has 3 aromatic rings. The number of hydrogen-bond acceptors (Lipinski definition) is 3. The van der Waals surface area contributed by atoms with E-state index in [9.17, 15) is 9.59 Å². The number of benzene rings is 3. The molecule has 0 amide bonds. The number of unbranched alkanes of at least 4 members (excludes halogenated alkanes) is 4. The molecule has 0 aliphatic heterocycles. The number of carboxylic acid groups (broad SMARTS) is 1. The first kappa shape index (κ1) is 31.7. The number of para-hydroxylation sites is 1. The van der Waals surface area contributed by atoms with Crippen molar-refractivity contribution in [1.82, 2.24) is 0 Å². The van der Waals surface area contributed by atoms with Crippen molar-refractivity contribution in [3.63, 3.8) is 0 Å². The Morgan fingerprint density at radius 1 is 0.850 bits per heavy atom. The van der Waals surface area contributed by atoms with Crippen molar-refractivity contribution in [1.29, 1.82) is 0 Å². The maximum absolute atomic E-state index is 10.6. The molecule has 40 heavy (non-hydrogen) atoms. The normalized spacial score (nSPS) is 18.3. The quantitative estimate of drug-likeness (QED) is 0.170. The van der Waals surface area contributed by atoms with Crippen LogP contribution >= 0.6 is 23.2 Å². The van der Waals surface area contributed by atoms with E-state index < -0.39 is 5.97 Å². The molecule has 4 rings (SSSR count). The van der Waals surface area contributed by atoms with Crippen LogP contribution in [-0.4, -0.2) is 24.5 Å². The summed E-state index contributed by atoms with van der Waals surface area (Å²) in [6, 6.07) is 23.7. The Morgan fingerprint density at radius 3 is 2.12 bits per heavy atom. The van der Waals surface area contributed by atoms with Crippen molar-refractivity contribution in [2.75, 3.05) is 7.11 Å². The minimum Gasteiger partial charge on any atom is -0.496 e. The van der Waals surface area contributed by atoms with Crippen molar-refractivity contribution >= 4 is 35.5 Å². The molecular weight excluding hydrogens is 543 g/mol. The summed E-state index contributed by atoms with van der Waals surface area (Å²) in [6.07, 6.45) is 11.1. The van der Waals surface area contributed by atoms with Gasteiger partial charge in [0.05, 0.1) is 12.1 Å². The monoisotopic (exact) mass is 582 g/mol. The first-order chi connectivity index (χ1) is 19.4. The van der Waals surface area contributed by atoms with Gasteiger partial charge >= 0.3 is 5.97 Å². The van der Waals surface area contributed by atoms with E-state index in [1.54, 1.807) is 31.4 Å². The molecule has 1 saturated carbocycles. The predicted molar refractivity (Wildman–Crippen MR) is 164 cm³/mol. The van der Waals surface area contributed by atoms with Crippen LogP contribution in [0.15, 0.2) is 72.8 Å². The summed E-state index contributed by atoms with van der Waals surface area (Å²) < 4.78 is 5.73. The highest BCUT2D eigenvalue weighted by molar-refractivity contribution is 6.32. The lowest BCUT2D eigenvalue weighted by Crippen LogP contribution is -2.23. The highest BCUT2D eigenvalue weighted by Gasteiger charge is 2.34. The lowest BCUT2D eigenvalue weighted by Gasteiger charge is -2.38. The third-order valence-corrected chi connectivity index (χ3v) is 8.56. The fraction of sp³-hybridized carbons (Fsp3) is 0.412. The van der Waals surface area contributed by atoms with Gasteiger partial charge in [-0.25, -0.2) is 0 Å². The molecule has 1 aliphatic carbocycles. The van der Waals surface area contributed by atoms with Crippen molar-refractivity contribution < 1.29 is 19.4 Å². The van der Waals surface area contributed by atoms with Gasteiger partial charge in [0, 0.05) is 17.0 Å². The van der Waals surface area contributed by atoms with E-state index in [1.165, 1.54) is 43.2 Å². The minimum absolute atomic E-state index is 0.294. The van der Waals surface area contributed by atoms with Crippen LogP contribution in [0, 0.1) is 5.92 Å². The molecule has 1 fully saturated rings. The zero-order valence-corrected chi connectivity index (χ0v) is 24.7. The zero-order valence-electron chi connectivity index (χ0n) is 23.2. The number of hydrogen-bond donors (Lipinski definition) is 1. The van der Waals surface area contributed by atoms with E-state index in [1.807, 2.05) is 18.2 Å². The summed E-state index contributed by atoms with van der Waals surface area (Å²) in [7, 11) is 1.76. The fourth-order valence-corrected chi connectivity index (χ4v) is 6.28. The molecule has 1 N–H and O–H groups in total. The lowest BCUT2D eigenvalue weighted by atomic mass is 9.67. The summed E-state index contributed by atoms with van der Waals surface area (Å²) >= 11 is 12.1. The van der Waals surface area contributed by atoms with Crippen LogP contribution in [0.4, 0.5) is 0 Å². The lowest BCUT2D eigenvalue weighted by molar-refractivity contribution is -0.137. The highest BCUT2D eigenvalue weighted by Crippen LogP contribution is 2.49. The molecule has 214 valence electrons. The van der Waals surface area contributed by atoms with Crippen LogP contribution < -0.4 is 4.74 Å². The molecule has 0 spiro atoms. The van der Waals surface area contributed by atoms with E-state index in [-0.39, 0.29) is 0 Å². The highest BCUT2D eigenvalue weighted by atomic mass is 35.5. The molecule has 3 aromatic carbocycles. The number of methoxy groups -OCH3 is 1. The summed E-state index contributed by atoms with van der Waals surface area (Å²) in [4.78, 5) is 20.8. The van der Waals surface area contributed by atoms with Gasteiger partial charge in [-0.1, -0.05) is 103 Å². The van der Waals surface area contributed by atoms with E-state index >= 15 is 0 Å². The van der Waals surface area contributed by atoms with Gasteiger partial charge in [-0.05, 0) is 79.2 Å². The second-order valence-corrected chi connectivity index (χ2v) is 11.3. The summed E-state index contributed by atoms with van der Waals surface area (Å²) in [5.41, 5.74) is 3.15. The standard InChI is InChI=1S/C27H35ClO3.C7H5ClO/c1-31-26-15-10-8-13-23(26)24-19-21(22-12-7-9-14-25(22)28)18-17-20(24)11-5-3-2-4-6-16-27(29)30;8-7-4-2-1-3-6(7)5-9/h7-10,12-15,20-21,24H,2-6,11,16-19H2,1H3,(H,29,30);1-5H/t20-,21+,24+;/m1./s1. The Hall–Kier alpha value is -2.82. The Morgan fingerprint density at radius 2 is 1.48 bits per heavy atom. The number of halogens is 2. The number of aliphatic carboxylic acids is 1. The van der Waals surface area contributed by atoms with Crippen LogP contribution in [0.5, 0.6) is 5.75 Å². The fourth-order valence-electron chi connectivity index (χ4n) is 5.80. The number of aldehydes is 1. The topological polar surface area (TPSA) is 63.6 Å². The molecule has 0 heterocycles. The van der Waals surface area contributed by atoms with Gasteiger partial charge in [-0.2, -0.15) is 0 Å². The Kier molecular flexibility index (Phi) is 13.5. The second-order valence-electron chi connectivity index (χ2n) is 10.5. The minimum atomic E-state index is -0.685. The average Bonchev–Trinajstić information content (AvgIpc) is 2.97. The molecule has 0 bridgehead atoms. The van der Waals surface area contributed by atoms with Gasteiger partial charge < -0.3 is 9.84 Å². The molecular formula is C34H40Cl2O4. The van der Waals surface area contributed by atoms with E-state index in [2.05, 4.69) is 30.3 Å². The van der Waals surface area contributed by atoms with Crippen molar-refractivity contribution in [2.45, 2.75) is 76.0 Å². The van der Waals surface area contributed by atoms with Crippen molar-refractivity contribution in [3.8, 4) is 5.75 Å². The predicted octanol–water partition coefficient (Wildman–Crippen LogP) is 9.98. The maximum Gasteiger partial charge on any atom is 0.303 e. The summed E-state index contributed by atoms with van der Waals surface area (Å²) in [5, 5.41) is 10.2. The van der Waals surface area contributed by atoms with Crippen LogP contribution in [0.25, 0.3) is 0 Å². The molecule has 6 heteroatoms. The SMILES string of the molecule is COc1ccccc1[C@H]1C[C@@H](c2ccccc2Cl)CC[C@H]1CCCCCCCC(=O)O.O=Cc1ccccc1Cl. The number of ether oxygens (including phenoxy) is 1. The third kappa shape index (κ3) is 9.67. The molecule has 3 atom stereocenters. The molecule has 1 aliphatic rings.